The zero-order valence-electron chi connectivity index (χ0n) is 12.1. The average molecular weight is 237 g/mol. The summed E-state index contributed by atoms with van der Waals surface area (Å²) in [6.45, 7) is 7.81. The van der Waals surface area contributed by atoms with E-state index in [1.54, 1.807) is 0 Å². The molecule has 0 heterocycles. The van der Waals surface area contributed by atoms with Crippen molar-refractivity contribution in [1.29, 1.82) is 0 Å². The van der Waals surface area contributed by atoms with E-state index < -0.39 is 0 Å². The van der Waals surface area contributed by atoms with Crippen LogP contribution in [0.5, 0.6) is 0 Å². The van der Waals surface area contributed by atoms with Crippen molar-refractivity contribution < 1.29 is 0 Å². The molecule has 1 fully saturated rings. The molecule has 17 heavy (non-hydrogen) atoms. The molecule has 1 atom stereocenters. The van der Waals surface area contributed by atoms with Gasteiger partial charge in [-0.05, 0) is 45.6 Å². The first-order valence-corrected chi connectivity index (χ1v) is 7.60. The summed E-state index contributed by atoms with van der Waals surface area (Å²) in [5, 5.41) is 3.66. The van der Waals surface area contributed by atoms with Gasteiger partial charge in [0.1, 0.15) is 0 Å². The SMILES string of the molecule is CCCNC(C=C(C)C)CCC1CCCCC1. The summed E-state index contributed by atoms with van der Waals surface area (Å²) >= 11 is 0. The molecule has 0 radical (unpaired) electrons. The van der Waals surface area contributed by atoms with E-state index in [2.05, 4.69) is 32.2 Å². The Morgan fingerprint density at radius 1 is 1.24 bits per heavy atom. The maximum Gasteiger partial charge on any atom is 0.0252 e. The van der Waals surface area contributed by atoms with Gasteiger partial charge in [0.15, 0.2) is 0 Å². The minimum absolute atomic E-state index is 0.613. The second-order valence-electron chi connectivity index (χ2n) is 5.89. The predicted octanol–water partition coefficient (Wildman–Crippen LogP) is 4.68. The van der Waals surface area contributed by atoms with E-state index >= 15 is 0 Å². The molecule has 0 aromatic carbocycles. The van der Waals surface area contributed by atoms with Gasteiger partial charge in [-0.2, -0.15) is 0 Å². The van der Waals surface area contributed by atoms with Crippen LogP contribution in [0.3, 0.4) is 0 Å². The minimum Gasteiger partial charge on any atom is -0.311 e. The van der Waals surface area contributed by atoms with Crippen LogP contribution < -0.4 is 5.32 Å². The molecule has 0 aromatic rings. The standard InChI is InChI=1S/C16H31N/c1-4-12-17-16(13-14(2)3)11-10-15-8-6-5-7-9-15/h13,15-17H,4-12H2,1-3H3. The molecule has 100 valence electrons. The van der Waals surface area contributed by atoms with Gasteiger partial charge in [-0.1, -0.05) is 50.7 Å². The highest BCUT2D eigenvalue weighted by atomic mass is 14.9. The van der Waals surface area contributed by atoms with Gasteiger partial charge < -0.3 is 5.32 Å². The smallest absolute Gasteiger partial charge is 0.0252 e. The molecule has 0 aromatic heterocycles. The summed E-state index contributed by atoms with van der Waals surface area (Å²) in [7, 11) is 0. The number of allylic oxidation sites excluding steroid dienone is 1. The topological polar surface area (TPSA) is 12.0 Å². The van der Waals surface area contributed by atoms with Crippen molar-refractivity contribution in [3.05, 3.63) is 11.6 Å². The molecule has 1 aliphatic rings. The fourth-order valence-electron chi connectivity index (χ4n) is 2.87. The summed E-state index contributed by atoms with van der Waals surface area (Å²) in [5.74, 6) is 1.01. The molecular weight excluding hydrogens is 206 g/mol. The predicted molar refractivity (Wildman–Crippen MR) is 77.3 cm³/mol. The Morgan fingerprint density at radius 3 is 2.53 bits per heavy atom. The first-order chi connectivity index (χ1) is 8.22. The monoisotopic (exact) mass is 237 g/mol. The Hall–Kier alpha value is -0.300. The Morgan fingerprint density at radius 2 is 1.94 bits per heavy atom. The maximum atomic E-state index is 3.66. The number of hydrogen-bond acceptors (Lipinski definition) is 1. The highest BCUT2D eigenvalue weighted by Crippen LogP contribution is 2.27. The van der Waals surface area contributed by atoms with E-state index in [-0.39, 0.29) is 0 Å². The van der Waals surface area contributed by atoms with Gasteiger partial charge >= 0.3 is 0 Å². The normalized spacial score (nSPS) is 19.0. The second kappa shape index (κ2) is 8.74. The highest BCUT2D eigenvalue weighted by Gasteiger charge is 2.14. The van der Waals surface area contributed by atoms with Gasteiger partial charge in [0, 0.05) is 6.04 Å². The minimum atomic E-state index is 0.613. The molecule has 1 N–H and O–H groups in total. The van der Waals surface area contributed by atoms with Crippen molar-refractivity contribution in [2.75, 3.05) is 6.54 Å². The maximum absolute atomic E-state index is 3.66. The van der Waals surface area contributed by atoms with Crippen molar-refractivity contribution in [1.82, 2.24) is 5.32 Å². The zero-order chi connectivity index (χ0) is 12.5. The molecule has 1 heteroatoms. The molecular formula is C16H31N. The molecule has 1 unspecified atom stereocenters. The Labute approximate surface area is 108 Å². The van der Waals surface area contributed by atoms with Gasteiger partial charge in [-0.15, -0.1) is 0 Å². The lowest BCUT2D eigenvalue weighted by molar-refractivity contribution is 0.322. The van der Waals surface area contributed by atoms with Gasteiger partial charge in [0.05, 0.1) is 0 Å². The van der Waals surface area contributed by atoms with E-state index in [1.807, 2.05) is 0 Å². The van der Waals surface area contributed by atoms with E-state index in [1.165, 1.54) is 56.9 Å². The van der Waals surface area contributed by atoms with E-state index in [4.69, 9.17) is 0 Å². The van der Waals surface area contributed by atoms with Crippen molar-refractivity contribution in [3.8, 4) is 0 Å². The lowest BCUT2D eigenvalue weighted by Crippen LogP contribution is -2.29. The Kier molecular flexibility index (Phi) is 7.59. The van der Waals surface area contributed by atoms with Crippen LogP contribution in [0.25, 0.3) is 0 Å². The van der Waals surface area contributed by atoms with Crippen LogP contribution in [0.2, 0.25) is 0 Å². The molecule has 0 spiro atoms. The fourth-order valence-corrected chi connectivity index (χ4v) is 2.87. The van der Waals surface area contributed by atoms with Crippen molar-refractivity contribution >= 4 is 0 Å². The average Bonchev–Trinajstić information content (AvgIpc) is 2.33. The van der Waals surface area contributed by atoms with Crippen molar-refractivity contribution in [3.63, 3.8) is 0 Å². The van der Waals surface area contributed by atoms with Crippen LogP contribution in [-0.2, 0) is 0 Å². The third-order valence-electron chi connectivity index (χ3n) is 3.80. The lowest BCUT2D eigenvalue weighted by Gasteiger charge is -2.24. The lowest BCUT2D eigenvalue weighted by atomic mass is 9.85. The summed E-state index contributed by atoms with van der Waals surface area (Å²) in [4.78, 5) is 0. The molecule has 0 aliphatic heterocycles. The van der Waals surface area contributed by atoms with Gasteiger partial charge in [-0.25, -0.2) is 0 Å². The van der Waals surface area contributed by atoms with Gasteiger partial charge in [0.25, 0.3) is 0 Å². The Bertz CT molecular complexity index is 210. The molecule has 1 nitrogen and oxygen atoms in total. The van der Waals surface area contributed by atoms with Gasteiger partial charge in [-0.3, -0.25) is 0 Å². The summed E-state index contributed by atoms with van der Waals surface area (Å²) < 4.78 is 0. The second-order valence-corrected chi connectivity index (χ2v) is 5.89. The van der Waals surface area contributed by atoms with Crippen LogP contribution in [0.15, 0.2) is 11.6 Å². The van der Waals surface area contributed by atoms with Crippen LogP contribution in [0, 0.1) is 5.92 Å². The van der Waals surface area contributed by atoms with Crippen molar-refractivity contribution in [2.45, 2.75) is 78.2 Å². The molecule has 1 rings (SSSR count). The quantitative estimate of drug-likeness (QED) is 0.634. The number of rotatable bonds is 7. The first-order valence-electron chi connectivity index (χ1n) is 7.60. The molecule has 0 amide bonds. The molecule has 1 aliphatic carbocycles. The largest absolute Gasteiger partial charge is 0.311 e. The summed E-state index contributed by atoms with van der Waals surface area (Å²) in [5.41, 5.74) is 1.45. The Balaban J connectivity index is 2.28. The highest BCUT2D eigenvalue weighted by molar-refractivity contribution is 5.01. The third-order valence-corrected chi connectivity index (χ3v) is 3.80. The fraction of sp³-hybridized carbons (Fsp3) is 0.875. The van der Waals surface area contributed by atoms with E-state index in [0.717, 1.165) is 12.5 Å². The van der Waals surface area contributed by atoms with E-state index in [9.17, 15) is 0 Å². The molecule has 1 saturated carbocycles. The van der Waals surface area contributed by atoms with Crippen molar-refractivity contribution in [2.24, 2.45) is 5.92 Å². The summed E-state index contributed by atoms with van der Waals surface area (Å²) in [6, 6.07) is 0.613. The number of hydrogen-bond donors (Lipinski definition) is 1. The number of nitrogens with one attached hydrogen (secondary N) is 1. The first kappa shape index (κ1) is 14.8. The zero-order valence-corrected chi connectivity index (χ0v) is 12.1. The van der Waals surface area contributed by atoms with Crippen LogP contribution >= 0.6 is 0 Å². The van der Waals surface area contributed by atoms with Crippen LogP contribution in [-0.4, -0.2) is 12.6 Å². The molecule has 0 bridgehead atoms. The van der Waals surface area contributed by atoms with Gasteiger partial charge in [0.2, 0.25) is 0 Å². The van der Waals surface area contributed by atoms with Crippen LogP contribution in [0.4, 0.5) is 0 Å². The molecule has 0 saturated heterocycles. The van der Waals surface area contributed by atoms with E-state index in [0.29, 0.717) is 6.04 Å². The third kappa shape index (κ3) is 6.88. The van der Waals surface area contributed by atoms with Crippen LogP contribution in [0.1, 0.15) is 72.1 Å². The summed E-state index contributed by atoms with van der Waals surface area (Å²) in [6.07, 6.45) is 13.8.